The van der Waals surface area contributed by atoms with Gasteiger partial charge in [-0.2, -0.15) is 8.42 Å². The fourth-order valence-corrected chi connectivity index (χ4v) is 3.92. The lowest BCUT2D eigenvalue weighted by Gasteiger charge is -2.29. The maximum Gasteiger partial charge on any atom is 0.445 e. The molecule has 0 unspecified atom stereocenters. The van der Waals surface area contributed by atoms with Crippen molar-refractivity contribution in [3.8, 4) is 0 Å². The minimum absolute atomic E-state index is 0.174. The molecule has 1 aliphatic heterocycles. The van der Waals surface area contributed by atoms with E-state index in [1.165, 1.54) is 0 Å². The van der Waals surface area contributed by atoms with E-state index in [1.807, 2.05) is 0 Å². The largest absolute Gasteiger partial charge is 0.481 e. The molecule has 0 saturated carbocycles. The molecule has 1 aliphatic rings. The van der Waals surface area contributed by atoms with Crippen molar-refractivity contribution in [1.82, 2.24) is 0 Å². The fourth-order valence-electron chi connectivity index (χ4n) is 2.77. The highest BCUT2D eigenvalue weighted by atomic mass is 32.2. The summed E-state index contributed by atoms with van der Waals surface area (Å²) >= 11 is 0. The van der Waals surface area contributed by atoms with E-state index in [0.29, 0.717) is 22.4 Å². The van der Waals surface area contributed by atoms with Gasteiger partial charge in [0, 0.05) is 0 Å². The summed E-state index contributed by atoms with van der Waals surface area (Å²) in [6.07, 6.45) is 1.31. The van der Waals surface area contributed by atoms with Gasteiger partial charge in [-0.25, -0.2) is 4.79 Å². The first-order chi connectivity index (χ1) is 12.9. The van der Waals surface area contributed by atoms with E-state index in [1.54, 1.807) is 60.7 Å². The first kappa shape index (κ1) is 18.7. The molecule has 7 nitrogen and oxygen atoms in total. The lowest BCUT2D eigenvalue weighted by atomic mass is 10.0. The molecule has 140 valence electrons. The van der Waals surface area contributed by atoms with Crippen molar-refractivity contribution in [2.24, 2.45) is 0 Å². The van der Waals surface area contributed by atoms with Gasteiger partial charge in [0.2, 0.25) is 0 Å². The Morgan fingerprint density at radius 3 is 2.41 bits per heavy atom. The van der Waals surface area contributed by atoms with Gasteiger partial charge in [-0.05, 0) is 22.8 Å². The highest BCUT2D eigenvalue weighted by Crippen LogP contribution is 2.32. The first-order valence-electron chi connectivity index (χ1n) is 8.11. The van der Waals surface area contributed by atoms with Crippen molar-refractivity contribution in [3.63, 3.8) is 0 Å². The van der Waals surface area contributed by atoms with E-state index in [0.717, 1.165) is 4.31 Å². The Balaban J connectivity index is 1.85. The zero-order valence-corrected chi connectivity index (χ0v) is 15.1. The summed E-state index contributed by atoms with van der Waals surface area (Å²) in [5.74, 6) is -1.08. The van der Waals surface area contributed by atoms with Gasteiger partial charge in [-0.15, -0.1) is 0 Å². The lowest BCUT2D eigenvalue weighted by Crippen LogP contribution is -2.40. The molecular weight excluding hydrogens is 370 g/mol. The third-order valence-electron chi connectivity index (χ3n) is 3.99. The number of carbonyl (C=O) groups excluding carboxylic acids is 1. The Bertz CT molecular complexity index is 998. The van der Waals surface area contributed by atoms with Crippen LogP contribution >= 0.6 is 0 Å². The van der Waals surface area contributed by atoms with Crippen LogP contribution in [0.4, 0.5) is 10.5 Å². The number of sulfonamides is 1. The van der Waals surface area contributed by atoms with Crippen molar-refractivity contribution >= 4 is 33.1 Å². The van der Waals surface area contributed by atoms with Crippen molar-refractivity contribution in [2.75, 3.05) is 10.8 Å². The lowest BCUT2D eigenvalue weighted by molar-refractivity contribution is -0.136. The molecule has 1 heterocycles. The number of para-hydroxylation sites is 1. The summed E-state index contributed by atoms with van der Waals surface area (Å²) in [6.45, 7) is -0.391. The summed E-state index contributed by atoms with van der Waals surface area (Å²) in [5.41, 5.74) is 1.87. The van der Waals surface area contributed by atoms with Crippen LogP contribution in [-0.4, -0.2) is 31.3 Å². The van der Waals surface area contributed by atoms with Gasteiger partial charge in [0.25, 0.3) is 0 Å². The number of anilines is 1. The maximum absolute atomic E-state index is 12.8. The second kappa shape index (κ2) is 7.63. The van der Waals surface area contributed by atoms with Crippen LogP contribution in [0.2, 0.25) is 0 Å². The number of carboxylic acids is 1. The fraction of sp³-hybridized carbons (Fsp3) is 0.158. The minimum Gasteiger partial charge on any atom is -0.481 e. The Kier molecular flexibility index (Phi) is 5.27. The van der Waals surface area contributed by atoms with Crippen LogP contribution in [0.15, 0.2) is 60.2 Å². The van der Waals surface area contributed by atoms with Crippen molar-refractivity contribution in [2.45, 2.75) is 13.0 Å². The Hall–Kier alpha value is -3.13. The van der Waals surface area contributed by atoms with Crippen molar-refractivity contribution < 1.29 is 27.9 Å². The molecule has 0 aromatic heterocycles. The third-order valence-corrected chi connectivity index (χ3v) is 5.44. The van der Waals surface area contributed by atoms with Gasteiger partial charge < -0.3 is 9.84 Å². The van der Waals surface area contributed by atoms with Crippen LogP contribution in [0.5, 0.6) is 0 Å². The maximum atomic E-state index is 12.8. The normalized spacial score (nSPS) is 13.5. The summed E-state index contributed by atoms with van der Waals surface area (Å²) in [7, 11) is -4.48. The summed E-state index contributed by atoms with van der Waals surface area (Å²) < 4.78 is 31.4. The zero-order valence-electron chi connectivity index (χ0n) is 14.2. The molecule has 2 aromatic rings. The van der Waals surface area contributed by atoms with E-state index < -0.39 is 21.3 Å². The molecule has 1 N–H and O–H groups in total. The predicted octanol–water partition coefficient (Wildman–Crippen LogP) is 3.03. The molecule has 0 bridgehead atoms. The van der Waals surface area contributed by atoms with Gasteiger partial charge in [-0.3, -0.25) is 9.10 Å². The van der Waals surface area contributed by atoms with Gasteiger partial charge in [0.05, 0.1) is 18.7 Å². The number of carboxylic acid groups (broad SMARTS) is 1. The van der Waals surface area contributed by atoms with Gasteiger partial charge in [-0.1, -0.05) is 54.6 Å². The summed E-state index contributed by atoms with van der Waals surface area (Å²) in [4.78, 5) is 23.3. The van der Waals surface area contributed by atoms with E-state index in [-0.39, 0.29) is 19.6 Å². The number of ether oxygens (including phenoxy) is 1. The van der Waals surface area contributed by atoms with Gasteiger partial charge in [0.1, 0.15) is 6.61 Å². The van der Waals surface area contributed by atoms with Gasteiger partial charge >= 0.3 is 21.3 Å². The summed E-state index contributed by atoms with van der Waals surface area (Å²) in [5, 5.41) is 7.64. The van der Waals surface area contributed by atoms with Crippen LogP contribution in [0.1, 0.15) is 17.5 Å². The SMILES string of the molecule is O=C(O)CC1=Cc2ccccc2N(S(=O)(=O)C(=O)OCc2ccccc2)C1. The standard InChI is InChI=1S/C19H17NO6S/c21-18(22)11-15-10-16-8-4-5-9-17(16)20(12-15)27(24,25)19(23)26-13-14-6-2-1-3-7-14/h1-10H,11-13H2,(H,21,22). The number of rotatable bonds is 5. The summed E-state index contributed by atoms with van der Waals surface area (Å²) in [6, 6.07) is 15.3. The molecule has 0 fully saturated rings. The van der Waals surface area contributed by atoms with Crippen LogP contribution in [0.25, 0.3) is 6.08 Å². The van der Waals surface area contributed by atoms with E-state index in [9.17, 15) is 18.0 Å². The van der Waals surface area contributed by atoms with Crippen LogP contribution < -0.4 is 4.31 Å². The quantitative estimate of drug-likeness (QED) is 0.792. The number of hydrogen-bond acceptors (Lipinski definition) is 5. The van der Waals surface area contributed by atoms with E-state index in [2.05, 4.69) is 0 Å². The molecule has 8 heteroatoms. The van der Waals surface area contributed by atoms with E-state index >= 15 is 0 Å². The number of aliphatic carboxylic acids is 1. The molecule has 0 aliphatic carbocycles. The minimum atomic E-state index is -4.48. The average molecular weight is 387 g/mol. The molecule has 0 radical (unpaired) electrons. The molecule has 0 amide bonds. The molecule has 0 spiro atoms. The first-order valence-corrected chi connectivity index (χ1v) is 9.55. The van der Waals surface area contributed by atoms with Crippen LogP contribution in [0, 0.1) is 0 Å². The Morgan fingerprint density at radius 2 is 1.70 bits per heavy atom. The smallest absolute Gasteiger partial charge is 0.445 e. The third kappa shape index (κ3) is 4.17. The molecule has 0 atom stereocenters. The second-order valence-electron chi connectivity index (χ2n) is 5.97. The number of fused-ring (bicyclic) bond motifs is 1. The highest BCUT2D eigenvalue weighted by molar-refractivity contribution is 8.06. The Morgan fingerprint density at radius 1 is 1.04 bits per heavy atom. The average Bonchev–Trinajstić information content (AvgIpc) is 2.65. The number of benzene rings is 2. The van der Waals surface area contributed by atoms with Crippen molar-refractivity contribution in [3.05, 3.63) is 71.3 Å². The number of carbonyl (C=O) groups is 2. The highest BCUT2D eigenvalue weighted by Gasteiger charge is 2.36. The number of nitrogens with zero attached hydrogens (tertiary/aromatic N) is 1. The topological polar surface area (TPSA) is 101 Å². The zero-order chi connectivity index (χ0) is 19.4. The van der Waals surface area contributed by atoms with Crippen LogP contribution in [0.3, 0.4) is 0 Å². The molecule has 2 aromatic carbocycles. The molecule has 27 heavy (non-hydrogen) atoms. The number of hydrogen-bond donors (Lipinski definition) is 1. The molecule has 0 saturated heterocycles. The second-order valence-corrected chi connectivity index (χ2v) is 7.69. The van der Waals surface area contributed by atoms with Gasteiger partial charge in [0.15, 0.2) is 0 Å². The predicted molar refractivity (Wildman–Crippen MR) is 99.6 cm³/mol. The van der Waals surface area contributed by atoms with Crippen molar-refractivity contribution in [1.29, 1.82) is 0 Å². The Labute approximate surface area is 156 Å². The molecule has 3 rings (SSSR count). The monoisotopic (exact) mass is 387 g/mol. The van der Waals surface area contributed by atoms with E-state index in [4.69, 9.17) is 9.84 Å². The molecular formula is C19H17NO6S. The van der Waals surface area contributed by atoms with Crippen LogP contribution in [-0.2, 0) is 26.2 Å².